The average molecular weight is 176 g/mol. The van der Waals surface area contributed by atoms with Gasteiger partial charge in [0.25, 0.3) is 0 Å². The highest BCUT2D eigenvalue weighted by Crippen LogP contribution is 2.07. The van der Waals surface area contributed by atoms with Crippen LogP contribution in [0.4, 0.5) is 0 Å². The first-order chi connectivity index (χ1) is 5.06. The molecule has 11 heavy (non-hydrogen) atoms. The smallest absolute Gasteiger partial charge is 0.303 e. The van der Waals surface area contributed by atoms with Crippen LogP contribution in [0, 0.1) is 5.92 Å². The highest BCUT2D eigenvalue weighted by Gasteiger charge is 2.10. The second-order valence-electron chi connectivity index (χ2n) is 2.60. The van der Waals surface area contributed by atoms with E-state index in [-0.39, 0.29) is 23.9 Å². The van der Waals surface area contributed by atoms with Gasteiger partial charge in [0.1, 0.15) is 5.78 Å². The zero-order valence-corrected chi connectivity index (χ0v) is 7.30. The van der Waals surface area contributed by atoms with Gasteiger partial charge in [-0.3, -0.25) is 9.59 Å². The minimum atomic E-state index is -0.857. The predicted molar refractivity (Wildman–Crippen MR) is 44.9 cm³/mol. The first-order valence-electron chi connectivity index (χ1n) is 3.40. The molecular formula is C7H12O3S. The third-order valence-corrected chi connectivity index (χ3v) is 1.63. The van der Waals surface area contributed by atoms with E-state index in [9.17, 15) is 9.59 Å². The van der Waals surface area contributed by atoms with Crippen LogP contribution in [0.5, 0.6) is 0 Å². The number of carboxylic acid groups (broad SMARTS) is 1. The number of carbonyl (C=O) groups is 2. The number of carbonyl (C=O) groups excluding carboxylic acids is 1. The van der Waals surface area contributed by atoms with E-state index >= 15 is 0 Å². The lowest BCUT2D eigenvalue weighted by Crippen LogP contribution is -2.10. The van der Waals surface area contributed by atoms with E-state index in [1.165, 1.54) is 0 Å². The van der Waals surface area contributed by atoms with E-state index in [1.54, 1.807) is 6.92 Å². The summed E-state index contributed by atoms with van der Waals surface area (Å²) in [5.74, 6) is -0.733. The van der Waals surface area contributed by atoms with E-state index < -0.39 is 5.97 Å². The molecular weight excluding hydrogens is 164 g/mol. The molecule has 0 spiro atoms. The number of hydrogen-bond acceptors (Lipinski definition) is 3. The van der Waals surface area contributed by atoms with Crippen LogP contribution in [0.3, 0.4) is 0 Å². The number of ketones is 1. The first-order valence-corrected chi connectivity index (χ1v) is 4.04. The van der Waals surface area contributed by atoms with Crippen molar-refractivity contribution in [3.63, 3.8) is 0 Å². The lowest BCUT2D eigenvalue weighted by atomic mass is 10.0. The Morgan fingerprint density at radius 1 is 1.45 bits per heavy atom. The van der Waals surface area contributed by atoms with Crippen molar-refractivity contribution in [2.24, 2.45) is 5.92 Å². The SMILES string of the molecule is CC(CC(=O)O)CC(=O)CS. The Morgan fingerprint density at radius 3 is 2.36 bits per heavy atom. The van der Waals surface area contributed by atoms with E-state index in [0.717, 1.165) is 0 Å². The average Bonchev–Trinajstić information content (AvgIpc) is 1.85. The summed E-state index contributed by atoms with van der Waals surface area (Å²) in [5, 5.41) is 8.34. The van der Waals surface area contributed by atoms with Crippen molar-refractivity contribution in [3.05, 3.63) is 0 Å². The number of hydrogen-bond donors (Lipinski definition) is 2. The Balaban J connectivity index is 3.60. The number of Topliss-reactive ketones (excluding diaryl/α,β-unsaturated/α-hetero) is 1. The Labute approximate surface area is 71.2 Å². The molecule has 4 heteroatoms. The van der Waals surface area contributed by atoms with Crippen LogP contribution in [0.15, 0.2) is 0 Å². The summed E-state index contributed by atoms with van der Waals surface area (Å²) < 4.78 is 0. The largest absolute Gasteiger partial charge is 0.481 e. The van der Waals surface area contributed by atoms with E-state index in [4.69, 9.17) is 5.11 Å². The molecule has 0 fully saturated rings. The molecule has 0 aromatic heterocycles. The van der Waals surface area contributed by atoms with Crippen molar-refractivity contribution in [3.8, 4) is 0 Å². The van der Waals surface area contributed by atoms with Gasteiger partial charge in [-0.15, -0.1) is 0 Å². The molecule has 0 aromatic rings. The zero-order valence-electron chi connectivity index (χ0n) is 6.41. The summed E-state index contributed by atoms with van der Waals surface area (Å²) in [6.07, 6.45) is 0.370. The molecule has 64 valence electrons. The summed E-state index contributed by atoms with van der Waals surface area (Å²) in [6.45, 7) is 1.75. The number of aliphatic carboxylic acids is 1. The van der Waals surface area contributed by atoms with Gasteiger partial charge >= 0.3 is 5.97 Å². The number of carboxylic acids is 1. The summed E-state index contributed by atoms with van der Waals surface area (Å²) in [5.41, 5.74) is 0. The van der Waals surface area contributed by atoms with Gasteiger partial charge in [0.05, 0.1) is 0 Å². The maximum absolute atomic E-state index is 10.7. The maximum atomic E-state index is 10.7. The van der Waals surface area contributed by atoms with Crippen LogP contribution in [0.2, 0.25) is 0 Å². The van der Waals surface area contributed by atoms with Crippen LogP contribution in [-0.4, -0.2) is 22.6 Å². The van der Waals surface area contributed by atoms with Gasteiger partial charge in [0.2, 0.25) is 0 Å². The fourth-order valence-corrected chi connectivity index (χ4v) is 0.953. The maximum Gasteiger partial charge on any atom is 0.303 e. The molecule has 1 unspecified atom stereocenters. The highest BCUT2D eigenvalue weighted by atomic mass is 32.1. The predicted octanol–water partition coefficient (Wildman–Crippen LogP) is 0.986. The van der Waals surface area contributed by atoms with Gasteiger partial charge in [-0.1, -0.05) is 6.92 Å². The second-order valence-corrected chi connectivity index (χ2v) is 2.92. The molecule has 0 aliphatic rings. The summed E-state index contributed by atoms with van der Waals surface area (Å²) in [6, 6.07) is 0. The molecule has 0 saturated heterocycles. The molecule has 1 atom stereocenters. The van der Waals surface area contributed by atoms with Gasteiger partial charge in [-0.25, -0.2) is 0 Å². The minimum absolute atomic E-state index is 0.00193. The summed E-state index contributed by atoms with van der Waals surface area (Å²) in [7, 11) is 0. The fourth-order valence-electron chi connectivity index (χ4n) is 0.823. The third kappa shape index (κ3) is 5.91. The van der Waals surface area contributed by atoms with Crippen LogP contribution in [0.1, 0.15) is 19.8 Å². The van der Waals surface area contributed by atoms with E-state index in [1.807, 2.05) is 0 Å². The van der Waals surface area contributed by atoms with E-state index in [2.05, 4.69) is 12.6 Å². The molecule has 0 bridgehead atoms. The summed E-state index contributed by atoms with van der Waals surface area (Å²) >= 11 is 3.78. The van der Waals surface area contributed by atoms with Crippen molar-refractivity contribution in [1.82, 2.24) is 0 Å². The van der Waals surface area contributed by atoms with Gasteiger partial charge < -0.3 is 5.11 Å². The Morgan fingerprint density at radius 2 is 2.00 bits per heavy atom. The molecule has 0 aliphatic carbocycles. The Bertz CT molecular complexity index is 156. The lowest BCUT2D eigenvalue weighted by molar-refractivity contribution is -0.138. The van der Waals surface area contributed by atoms with Crippen molar-refractivity contribution in [2.45, 2.75) is 19.8 Å². The standard InChI is InChI=1S/C7H12O3S/c1-5(3-7(9)10)2-6(8)4-11/h5,11H,2-4H2,1H3,(H,9,10). The Kier molecular flexibility index (Phi) is 4.94. The van der Waals surface area contributed by atoms with Gasteiger partial charge in [-0.05, 0) is 5.92 Å². The van der Waals surface area contributed by atoms with E-state index in [0.29, 0.717) is 6.42 Å². The third-order valence-electron chi connectivity index (χ3n) is 1.28. The number of thiol groups is 1. The molecule has 0 aromatic carbocycles. The molecule has 0 amide bonds. The molecule has 0 rings (SSSR count). The van der Waals surface area contributed by atoms with Crippen molar-refractivity contribution in [2.75, 3.05) is 5.75 Å². The monoisotopic (exact) mass is 176 g/mol. The quantitative estimate of drug-likeness (QED) is 0.614. The molecule has 0 saturated carbocycles. The topological polar surface area (TPSA) is 54.4 Å². The first kappa shape index (κ1) is 10.5. The minimum Gasteiger partial charge on any atom is -0.481 e. The van der Waals surface area contributed by atoms with Crippen LogP contribution in [0.25, 0.3) is 0 Å². The molecule has 0 radical (unpaired) electrons. The second kappa shape index (κ2) is 5.18. The van der Waals surface area contributed by atoms with Gasteiger partial charge in [0.15, 0.2) is 0 Å². The van der Waals surface area contributed by atoms with Crippen molar-refractivity contribution >= 4 is 24.4 Å². The van der Waals surface area contributed by atoms with Crippen LogP contribution < -0.4 is 0 Å². The van der Waals surface area contributed by atoms with Crippen molar-refractivity contribution in [1.29, 1.82) is 0 Å². The van der Waals surface area contributed by atoms with Crippen LogP contribution in [-0.2, 0) is 9.59 Å². The molecule has 1 N–H and O–H groups in total. The zero-order chi connectivity index (χ0) is 8.85. The fraction of sp³-hybridized carbons (Fsp3) is 0.714. The normalized spacial score (nSPS) is 12.5. The van der Waals surface area contributed by atoms with Crippen molar-refractivity contribution < 1.29 is 14.7 Å². The molecule has 0 aliphatic heterocycles. The molecule has 3 nitrogen and oxygen atoms in total. The van der Waals surface area contributed by atoms with Gasteiger partial charge in [0, 0.05) is 18.6 Å². The molecule has 0 heterocycles. The highest BCUT2D eigenvalue weighted by molar-refractivity contribution is 7.81. The van der Waals surface area contributed by atoms with Gasteiger partial charge in [-0.2, -0.15) is 12.6 Å². The number of rotatable bonds is 5. The summed E-state index contributed by atoms with van der Waals surface area (Å²) in [4.78, 5) is 20.9. The lowest BCUT2D eigenvalue weighted by Gasteiger charge is -2.04. The van der Waals surface area contributed by atoms with Crippen LogP contribution >= 0.6 is 12.6 Å². The Hall–Kier alpha value is -0.510.